The molecule has 0 aromatic heterocycles. The van der Waals surface area contributed by atoms with Gasteiger partial charge in [-0.2, -0.15) is 13.2 Å². The zero-order chi connectivity index (χ0) is 18.4. The molecule has 1 amide bonds. The minimum Gasteiger partial charge on any atom is -0.497 e. The van der Waals surface area contributed by atoms with Gasteiger partial charge in [-0.3, -0.25) is 4.79 Å². The van der Waals surface area contributed by atoms with Crippen LogP contribution in [0.2, 0.25) is 0 Å². The summed E-state index contributed by atoms with van der Waals surface area (Å²) in [6, 6.07) is 12.3. The van der Waals surface area contributed by atoms with Crippen LogP contribution < -0.4 is 15.4 Å². The van der Waals surface area contributed by atoms with Crippen molar-refractivity contribution < 1.29 is 22.7 Å². The standard InChI is InChI=1S/C18H19F3N2O2/c1-25-15-8-6-14(7-9-15)23(11-10-17(22)24)12-13-4-2-3-5-16(13)18(19,20)21/h2-9H,10-12H2,1H3,(H2,22,24). The monoisotopic (exact) mass is 352 g/mol. The number of alkyl halides is 3. The van der Waals surface area contributed by atoms with Crippen LogP contribution in [0.5, 0.6) is 5.75 Å². The van der Waals surface area contributed by atoms with Gasteiger partial charge in [-0.1, -0.05) is 18.2 Å². The molecule has 4 nitrogen and oxygen atoms in total. The third-order valence-electron chi connectivity index (χ3n) is 3.75. The number of hydrogen-bond donors (Lipinski definition) is 1. The molecule has 25 heavy (non-hydrogen) atoms. The van der Waals surface area contributed by atoms with Crippen LogP contribution in [0, 0.1) is 0 Å². The molecule has 2 aromatic rings. The molecule has 0 saturated heterocycles. The van der Waals surface area contributed by atoms with Crippen molar-refractivity contribution in [3.05, 3.63) is 59.7 Å². The molecule has 0 atom stereocenters. The zero-order valence-electron chi connectivity index (χ0n) is 13.7. The lowest BCUT2D eigenvalue weighted by atomic mass is 10.1. The highest BCUT2D eigenvalue weighted by atomic mass is 19.4. The van der Waals surface area contributed by atoms with Crippen LogP contribution in [0.3, 0.4) is 0 Å². The molecule has 0 unspecified atom stereocenters. The summed E-state index contributed by atoms with van der Waals surface area (Å²) in [6.45, 7) is 0.225. The lowest BCUT2D eigenvalue weighted by molar-refractivity contribution is -0.138. The number of benzene rings is 2. The average Bonchev–Trinajstić information content (AvgIpc) is 2.58. The Labute approximate surface area is 144 Å². The maximum absolute atomic E-state index is 13.2. The Morgan fingerprint density at radius 1 is 1.12 bits per heavy atom. The van der Waals surface area contributed by atoms with Crippen molar-refractivity contribution in [1.29, 1.82) is 0 Å². The second-order valence-electron chi connectivity index (χ2n) is 5.49. The SMILES string of the molecule is COc1ccc(N(CCC(N)=O)Cc2ccccc2C(F)(F)F)cc1. The number of methoxy groups -OCH3 is 1. The first kappa shape index (κ1) is 18.6. The normalized spacial score (nSPS) is 11.2. The topological polar surface area (TPSA) is 55.6 Å². The third-order valence-corrected chi connectivity index (χ3v) is 3.75. The molecule has 7 heteroatoms. The molecular weight excluding hydrogens is 333 g/mol. The summed E-state index contributed by atoms with van der Waals surface area (Å²) in [5.41, 5.74) is 5.32. The molecule has 0 radical (unpaired) electrons. The highest BCUT2D eigenvalue weighted by Crippen LogP contribution is 2.33. The molecule has 0 heterocycles. The maximum Gasteiger partial charge on any atom is 0.416 e. The van der Waals surface area contributed by atoms with Crippen LogP contribution in [-0.4, -0.2) is 19.6 Å². The van der Waals surface area contributed by atoms with Gasteiger partial charge in [0.2, 0.25) is 5.91 Å². The quantitative estimate of drug-likeness (QED) is 0.828. The van der Waals surface area contributed by atoms with E-state index in [1.54, 1.807) is 35.2 Å². The van der Waals surface area contributed by atoms with E-state index >= 15 is 0 Å². The van der Waals surface area contributed by atoms with Gasteiger partial charge in [-0.15, -0.1) is 0 Å². The van der Waals surface area contributed by atoms with Gasteiger partial charge in [-0.25, -0.2) is 0 Å². The van der Waals surface area contributed by atoms with E-state index < -0.39 is 17.6 Å². The molecule has 0 bridgehead atoms. The number of carbonyl (C=O) groups excluding carboxylic acids is 1. The van der Waals surface area contributed by atoms with E-state index in [9.17, 15) is 18.0 Å². The summed E-state index contributed by atoms with van der Waals surface area (Å²) in [4.78, 5) is 12.8. The van der Waals surface area contributed by atoms with Crippen molar-refractivity contribution >= 4 is 11.6 Å². The zero-order valence-corrected chi connectivity index (χ0v) is 13.7. The first-order valence-corrected chi connectivity index (χ1v) is 7.63. The fourth-order valence-electron chi connectivity index (χ4n) is 2.48. The van der Waals surface area contributed by atoms with Crippen LogP contribution in [0.25, 0.3) is 0 Å². The van der Waals surface area contributed by atoms with Crippen LogP contribution in [0.4, 0.5) is 18.9 Å². The van der Waals surface area contributed by atoms with Crippen LogP contribution in [-0.2, 0) is 17.5 Å². The van der Waals surface area contributed by atoms with E-state index in [4.69, 9.17) is 10.5 Å². The number of carbonyl (C=O) groups is 1. The molecule has 0 saturated carbocycles. The smallest absolute Gasteiger partial charge is 0.416 e. The molecule has 134 valence electrons. The fourth-order valence-corrected chi connectivity index (χ4v) is 2.48. The summed E-state index contributed by atoms with van der Waals surface area (Å²) >= 11 is 0. The lowest BCUT2D eigenvalue weighted by Gasteiger charge is -2.26. The number of halogens is 3. The van der Waals surface area contributed by atoms with Gasteiger partial charge in [-0.05, 0) is 35.9 Å². The molecule has 2 rings (SSSR count). The van der Waals surface area contributed by atoms with Gasteiger partial charge < -0.3 is 15.4 Å². The first-order chi connectivity index (χ1) is 11.8. The van der Waals surface area contributed by atoms with Gasteiger partial charge in [0.15, 0.2) is 0 Å². The number of anilines is 1. The van der Waals surface area contributed by atoms with E-state index in [2.05, 4.69) is 0 Å². The molecule has 0 aliphatic carbocycles. The van der Waals surface area contributed by atoms with Crippen molar-refractivity contribution in [2.45, 2.75) is 19.1 Å². The minimum absolute atomic E-state index is 0.00922. The van der Waals surface area contributed by atoms with Gasteiger partial charge >= 0.3 is 6.18 Å². The largest absolute Gasteiger partial charge is 0.497 e. The molecule has 2 aromatic carbocycles. The molecule has 0 aliphatic heterocycles. The summed E-state index contributed by atoms with van der Waals surface area (Å²) in [5, 5.41) is 0. The molecule has 0 spiro atoms. The van der Waals surface area contributed by atoms with Crippen molar-refractivity contribution in [1.82, 2.24) is 0 Å². The molecule has 0 fully saturated rings. The Kier molecular flexibility index (Phi) is 5.90. The predicted molar refractivity (Wildman–Crippen MR) is 89.3 cm³/mol. The predicted octanol–water partition coefficient (Wildman–Crippen LogP) is 3.60. The van der Waals surface area contributed by atoms with E-state index in [0.717, 1.165) is 6.07 Å². The summed E-state index contributed by atoms with van der Waals surface area (Å²) in [6.07, 6.45) is -4.40. The second kappa shape index (κ2) is 7.92. The first-order valence-electron chi connectivity index (χ1n) is 7.63. The number of rotatable bonds is 7. The highest BCUT2D eigenvalue weighted by Gasteiger charge is 2.33. The van der Waals surface area contributed by atoms with E-state index in [1.165, 1.54) is 19.2 Å². The minimum atomic E-state index is -4.44. The summed E-state index contributed by atoms with van der Waals surface area (Å²) < 4.78 is 44.7. The van der Waals surface area contributed by atoms with Crippen molar-refractivity contribution in [3.8, 4) is 5.75 Å². The van der Waals surface area contributed by atoms with E-state index in [1.807, 2.05) is 0 Å². The van der Waals surface area contributed by atoms with Gasteiger partial charge in [0.1, 0.15) is 5.75 Å². The number of nitrogens with two attached hydrogens (primary N) is 1. The van der Waals surface area contributed by atoms with Gasteiger partial charge in [0, 0.05) is 25.2 Å². The molecule has 2 N–H and O–H groups in total. The lowest BCUT2D eigenvalue weighted by Crippen LogP contribution is -2.28. The molecular formula is C18H19F3N2O2. The number of primary amides is 1. The fraction of sp³-hybridized carbons (Fsp3) is 0.278. The Bertz CT molecular complexity index is 715. The number of amides is 1. The van der Waals surface area contributed by atoms with Crippen molar-refractivity contribution in [3.63, 3.8) is 0 Å². The number of ether oxygens (including phenoxy) is 1. The van der Waals surface area contributed by atoms with E-state index in [-0.39, 0.29) is 25.1 Å². The van der Waals surface area contributed by atoms with Crippen molar-refractivity contribution in [2.75, 3.05) is 18.6 Å². The Morgan fingerprint density at radius 3 is 2.32 bits per heavy atom. The summed E-state index contributed by atoms with van der Waals surface area (Å²) in [7, 11) is 1.53. The Hall–Kier alpha value is -2.70. The Morgan fingerprint density at radius 2 is 1.76 bits per heavy atom. The van der Waals surface area contributed by atoms with E-state index in [0.29, 0.717) is 11.4 Å². The van der Waals surface area contributed by atoms with Crippen LogP contribution in [0.15, 0.2) is 48.5 Å². The highest BCUT2D eigenvalue weighted by molar-refractivity contribution is 5.74. The summed E-state index contributed by atoms with van der Waals surface area (Å²) in [5.74, 6) is 0.122. The van der Waals surface area contributed by atoms with Gasteiger partial charge in [0.05, 0.1) is 12.7 Å². The van der Waals surface area contributed by atoms with Crippen LogP contribution >= 0.6 is 0 Å². The Balaban J connectivity index is 2.31. The average molecular weight is 352 g/mol. The third kappa shape index (κ3) is 5.14. The number of hydrogen-bond acceptors (Lipinski definition) is 3. The van der Waals surface area contributed by atoms with Crippen LogP contribution in [0.1, 0.15) is 17.5 Å². The molecule has 0 aliphatic rings. The number of nitrogens with zero attached hydrogens (tertiary/aromatic N) is 1. The maximum atomic E-state index is 13.2. The second-order valence-corrected chi connectivity index (χ2v) is 5.49. The van der Waals surface area contributed by atoms with Crippen molar-refractivity contribution in [2.24, 2.45) is 5.73 Å². The van der Waals surface area contributed by atoms with Gasteiger partial charge in [0.25, 0.3) is 0 Å².